The smallest absolute Gasteiger partial charge is 0.163 e. The summed E-state index contributed by atoms with van der Waals surface area (Å²) in [6.45, 7) is 3.73. The number of hydrogen-bond donors (Lipinski definition) is 0. The summed E-state index contributed by atoms with van der Waals surface area (Å²) < 4.78 is 0. The van der Waals surface area contributed by atoms with Crippen molar-refractivity contribution in [3.63, 3.8) is 0 Å². The number of nitrogens with zero attached hydrogens (tertiary/aromatic N) is 5. The molecule has 3 rings (SSSR count). The average Bonchev–Trinajstić information content (AvgIpc) is 2.47. The van der Waals surface area contributed by atoms with E-state index in [1.807, 2.05) is 38.1 Å². The van der Waals surface area contributed by atoms with Gasteiger partial charge >= 0.3 is 0 Å². The third kappa shape index (κ3) is 2.51. The topological polar surface area (TPSA) is 64.5 Å². The Hall–Kier alpha value is -2.69. The summed E-state index contributed by atoms with van der Waals surface area (Å²) in [5, 5.41) is 0. The van der Waals surface area contributed by atoms with E-state index in [1.165, 1.54) is 0 Å². The maximum absolute atomic E-state index is 4.38. The summed E-state index contributed by atoms with van der Waals surface area (Å²) in [5.74, 6) is 2.12. The third-order valence-electron chi connectivity index (χ3n) is 2.84. The van der Waals surface area contributed by atoms with Gasteiger partial charge in [-0.25, -0.2) is 15.0 Å². The molecule has 0 unspecified atom stereocenters. The van der Waals surface area contributed by atoms with Crippen LogP contribution in [0.5, 0.6) is 0 Å². The number of rotatable bonds is 2. The van der Waals surface area contributed by atoms with Crippen molar-refractivity contribution >= 4 is 0 Å². The molecule has 0 saturated carbocycles. The molecule has 1 aromatic carbocycles. The minimum atomic E-state index is 0.681. The van der Waals surface area contributed by atoms with Crippen LogP contribution in [0.3, 0.4) is 0 Å². The van der Waals surface area contributed by atoms with Crippen molar-refractivity contribution in [3.8, 4) is 22.6 Å². The Morgan fingerprint density at radius 1 is 0.850 bits per heavy atom. The molecule has 3 aromatic rings. The van der Waals surface area contributed by atoms with E-state index in [0.717, 1.165) is 28.5 Å². The molecule has 0 amide bonds. The van der Waals surface area contributed by atoms with Crippen LogP contribution in [0.2, 0.25) is 0 Å². The van der Waals surface area contributed by atoms with Gasteiger partial charge in [0.1, 0.15) is 11.6 Å². The molecular formula is C15H13N5. The second kappa shape index (κ2) is 5.13. The molecule has 0 bridgehead atoms. The zero-order valence-corrected chi connectivity index (χ0v) is 11.3. The van der Waals surface area contributed by atoms with E-state index in [2.05, 4.69) is 24.9 Å². The van der Waals surface area contributed by atoms with Crippen LogP contribution >= 0.6 is 0 Å². The first-order chi connectivity index (χ1) is 9.72. The quantitative estimate of drug-likeness (QED) is 0.711. The molecule has 0 spiro atoms. The highest BCUT2D eigenvalue weighted by atomic mass is 15.0. The Morgan fingerprint density at radius 3 is 2.30 bits per heavy atom. The molecule has 2 heterocycles. The van der Waals surface area contributed by atoms with Gasteiger partial charge in [-0.1, -0.05) is 18.2 Å². The molecule has 0 aliphatic carbocycles. The highest BCUT2D eigenvalue weighted by Gasteiger charge is 2.06. The van der Waals surface area contributed by atoms with E-state index in [9.17, 15) is 0 Å². The molecular weight excluding hydrogens is 250 g/mol. The van der Waals surface area contributed by atoms with Crippen LogP contribution in [-0.4, -0.2) is 24.9 Å². The molecule has 0 fully saturated rings. The Morgan fingerprint density at radius 2 is 1.60 bits per heavy atom. The monoisotopic (exact) mass is 263 g/mol. The Balaban J connectivity index is 2.07. The normalized spacial score (nSPS) is 10.5. The summed E-state index contributed by atoms with van der Waals surface area (Å²) in [7, 11) is 0. The van der Waals surface area contributed by atoms with Gasteiger partial charge in [-0.3, -0.25) is 9.97 Å². The highest BCUT2D eigenvalue weighted by molar-refractivity contribution is 5.67. The van der Waals surface area contributed by atoms with Gasteiger partial charge in [-0.05, 0) is 19.9 Å². The van der Waals surface area contributed by atoms with Crippen LogP contribution in [0.15, 0.2) is 42.9 Å². The third-order valence-corrected chi connectivity index (χ3v) is 2.84. The second-order valence-corrected chi connectivity index (χ2v) is 4.42. The van der Waals surface area contributed by atoms with Crippen molar-refractivity contribution in [2.24, 2.45) is 0 Å². The first-order valence-electron chi connectivity index (χ1n) is 6.28. The molecule has 0 saturated heterocycles. The van der Waals surface area contributed by atoms with Gasteiger partial charge in [-0.2, -0.15) is 0 Å². The van der Waals surface area contributed by atoms with E-state index in [-0.39, 0.29) is 0 Å². The standard InChI is InChI=1S/C15H13N5/c1-10-18-11(2)20-15(19-10)13-5-3-4-12(8-13)14-9-16-6-7-17-14/h3-9H,1-2H3. The van der Waals surface area contributed by atoms with Crippen molar-refractivity contribution in [3.05, 3.63) is 54.5 Å². The lowest BCUT2D eigenvalue weighted by Gasteiger charge is -2.05. The van der Waals surface area contributed by atoms with E-state index < -0.39 is 0 Å². The first-order valence-corrected chi connectivity index (χ1v) is 6.28. The minimum absolute atomic E-state index is 0.681. The summed E-state index contributed by atoms with van der Waals surface area (Å²) in [6, 6.07) is 7.95. The SMILES string of the molecule is Cc1nc(C)nc(-c2cccc(-c3cnccn3)c2)n1. The van der Waals surface area contributed by atoms with Crippen molar-refractivity contribution in [1.29, 1.82) is 0 Å². The maximum Gasteiger partial charge on any atom is 0.163 e. The molecule has 5 heteroatoms. The fraction of sp³-hybridized carbons (Fsp3) is 0.133. The Labute approximate surface area is 116 Å². The molecule has 5 nitrogen and oxygen atoms in total. The highest BCUT2D eigenvalue weighted by Crippen LogP contribution is 2.22. The zero-order valence-electron chi connectivity index (χ0n) is 11.3. The molecule has 0 radical (unpaired) electrons. The second-order valence-electron chi connectivity index (χ2n) is 4.42. The summed E-state index contributed by atoms with van der Waals surface area (Å²) >= 11 is 0. The van der Waals surface area contributed by atoms with Gasteiger partial charge in [0.2, 0.25) is 0 Å². The van der Waals surface area contributed by atoms with Crippen molar-refractivity contribution in [2.75, 3.05) is 0 Å². The lowest BCUT2D eigenvalue weighted by atomic mass is 10.1. The van der Waals surface area contributed by atoms with Crippen molar-refractivity contribution in [1.82, 2.24) is 24.9 Å². The number of aryl methyl sites for hydroxylation is 2. The van der Waals surface area contributed by atoms with Crippen LogP contribution in [0.4, 0.5) is 0 Å². The molecule has 0 atom stereocenters. The van der Waals surface area contributed by atoms with Crippen molar-refractivity contribution in [2.45, 2.75) is 13.8 Å². The fourth-order valence-corrected chi connectivity index (χ4v) is 2.01. The van der Waals surface area contributed by atoms with Gasteiger partial charge in [0.05, 0.1) is 11.9 Å². The minimum Gasteiger partial charge on any atom is -0.261 e. The number of aromatic nitrogens is 5. The van der Waals surface area contributed by atoms with E-state index in [1.54, 1.807) is 18.6 Å². The van der Waals surface area contributed by atoms with Gasteiger partial charge in [0.25, 0.3) is 0 Å². The van der Waals surface area contributed by atoms with Crippen LogP contribution < -0.4 is 0 Å². The van der Waals surface area contributed by atoms with Gasteiger partial charge in [0.15, 0.2) is 5.82 Å². The largest absolute Gasteiger partial charge is 0.261 e. The zero-order chi connectivity index (χ0) is 13.9. The fourth-order valence-electron chi connectivity index (χ4n) is 2.01. The Kier molecular flexibility index (Phi) is 3.16. The molecule has 20 heavy (non-hydrogen) atoms. The van der Waals surface area contributed by atoms with Gasteiger partial charge in [-0.15, -0.1) is 0 Å². The van der Waals surface area contributed by atoms with E-state index >= 15 is 0 Å². The van der Waals surface area contributed by atoms with Gasteiger partial charge in [0, 0.05) is 23.5 Å². The van der Waals surface area contributed by atoms with E-state index in [0.29, 0.717) is 5.82 Å². The van der Waals surface area contributed by atoms with Crippen LogP contribution in [0.25, 0.3) is 22.6 Å². The number of benzene rings is 1. The van der Waals surface area contributed by atoms with Crippen LogP contribution in [-0.2, 0) is 0 Å². The maximum atomic E-state index is 4.38. The summed E-state index contributed by atoms with van der Waals surface area (Å²) in [4.78, 5) is 21.3. The van der Waals surface area contributed by atoms with Gasteiger partial charge < -0.3 is 0 Å². The van der Waals surface area contributed by atoms with Crippen LogP contribution in [0, 0.1) is 13.8 Å². The predicted octanol–water partition coefficient (Wildman–Crippen LogP) is 2.61. The molecule has 0 aliphatic rings. The van der Waals surface area contributed by atoms with E-state index in [4.69, 9.17) is 0 Å². The molecule has 2 aromatic heterocycles. The van der Waals surface area contributed by atoms with Crippen LogP contribution in [0.1, 0.15) is 11.6 Å². The molecule has 98 valence electrons. The first kappa shape index (κ1) is 12.3. The number of hydrogen-bond acceptors (Lipinski definition) is 5. The lowest BCUT2D eigenvalue weighted by Crippen LogP contribution is -1.98. The molecule has 0 N–H and O–H groups in total. The summed E-state index contributed by atoms with van der Waals surface area (Å²) in [5.41, 5.74) is 2.77. The predicted molar refractivity (Wildman–Crippen MR) is 75.8 cm³/mol. The lowest BCUT2D eigenvalue weighted by molar-refractivity contribution is 0.928. The summed E-state index contributed by atoms with van der Waals surface area (Å²) in [6.07, 6.45) is 5.08. The molecule has 0 aliphatic heterocycles. The average molecular weight is 263 g/mol. The Bertz CT molecular complexity index is 720. The van der Waals surface area contributed by atoms with Crippen molar-refractivity contribution < 1.29 is 0 Å².